The minimum atomic E-state index is -0.320. The Bertz CT molecular complexity index is 566. The number of hydrogen-bond acceptors (Lipinski definition) is 5. The summed E-state index contributed by atoms with van der Waals surface area (Å²) in [4.78, 5) is 28.0. The Balaban J connectivity index is 4.79. The van der Waals surface area contributed by atoms with E-state index in [1.807, 2.05) is 0 Å². The molecule has 0 spiro atoms. The maximum atomic E-state index is 13.2. The molecule has 0 aromatic rings. The number of nitrogens with zero attached hydrogens (tertiary/aromatic N) is 1. The van der Waals surface area contributed by atoms with Crippen LogP contribution in [0, 0.1) is 5.92 Å². The monoisotopic (exact) mass is 582 g/mol. The molecule has 0 saturated heterocycles. The van der Waals surface area contributed by atoms with E-state index in [4.69, 9.17) is 9.47 Å². The van der Waals surface area contributed by atoms with Crippen molar-refractivity contribution in [2.45, 2.75) is 187 Å². The van der Waals surface area contributed by atoms with Gasteiger partial charge in [-0.2, -0.15) is 0 Å². The van der Waals surface area contributed by atoms with Crippen LogP contribution in [0.2, 0.25) is 0 Å². The van der Waals surface area contributed by atoms with Gasteiger partial charge in [0.15, 0.2) is 0 Å². The SMILES string of the molecule is CCCCCCCCCCCC(COC(=O)C(CCCCCCC)CCCCCCC)OC(=O)CCCCN(C)C. The van der Waals surface area contributed by atoms with E-state index in [0.29, 0.717) is 6.42 Å². The van der Waals surface area contributed by atoms with Crippen molar-refractivity contribution in [1.29, 1.82) is 0 Å². The van der Waals surface area contributed by atoms with Gasteiger partial charge in [0, 0.05) is 6.42 Å². The molecular formula is C36H71NO4. The van der Waals surface area contributed by atoms with Crippen LogP contribution in [0.3, 0.4) is 0 Å². The molecule has 244 valence electrons. The molecule has 0 heterocycles. The van der Waals surface area contributed by atoms with Crippen LogP contribution in [0.5, 0.6) is 0 Å². The zero-order chi connectivity index (χ0) is 30.4. The number of ether oxygens (including phenoxy) is 2. The van der Waals surface area contributed by atoms with Gasteiger partial charge in [0.1, 0.15) is 12.7 Å². The molecule has 0 aromatic carbocycles. The Labute approximate surface area is 256 Å². The average molecular weight is 582 g/mol. The van der Waals surface area contributed by atoms with E-state index in [-0.39, 0.29) is 30.6 Å². The Hall–Kier alpha value is -1.10. The molecule has 0 aromatic heterocycles. The van der Waals surface area contributed by atoms with Gasteiger partial charge in [0.05, 0.1) is 5.92 Å². The maximum absolute atomic E-state index is 13.2. The third-order valence-electron chi connectivity index (χ3n) is 8.22. The fourth-order valence-corrected chi connectivity index (χ4v) is 5.46. The number of esters is 2. The predicted molar refractivity (Wildman–Crippen MR) is 175 cm³/mol. The highest BCUT2D eigenvalue weighted by molar-refractivity contribution is 5.72. The summed E-state index contributed by atoms with van der Waals surface area (Å²) >= 11 is 0. The van der Waals surface area contributed by atoms with E-state index in [9.17, 15) is 9.59 Å². The summed E-state index contributed by atoms with van der Waals surface area (Å²) in [6, 6.07) is 0. The van der Waals surface area contributed by atoms with Crippen molar-refractivity contribution < 1.29 is 19.1 Å². The molecule has 1 atom stereocenters. The summed E-state index contributed by atoms with van der Waals surface area (Å²) in [7, 11) is 4.11. The molecule has 0 aliphatic carbocycles. The van der Waals surface area contributed by atoms with Crippen molar-refractivity contribution in [2.75, 3.05) is 27.2 Å². The lowest BCUT2D eigenvalue weighted by Crippen LogP contribution is -2.28. The second-order valence-electron chi connectivity index (χ2n) is 12.7. The van der Waals surface area contributed by atoms with Gasteiger partial charge in [-0.1, -0.05) is 136 Å². The fraction of sp³-hybridized carbons (Fsp3) is 0.944. The van der Waals surface area contributed by atoms with Gasteiger partial charge in [0.25, 0.3) is 0 Å². The molecule has 0 rings (SSSR count). The van der Waals surface area contributed by atoms with Gasteiger partial charge >= 0.3 is 11.9 Å². The minimum absolute atomic E-state index is 0.0200. The van der Waals surface area contributed by atoms with E-state index in [0.717, 1.165) is 64.3 Å². The first-order chi connectivity index (χ1) is 19.9. The van der Waals surface area contributed by atoms with Crippen molar-refractivity contribution in [3.63, 3.8) is 0 Å². The molecule has 5 nitrogen and oxygen atoms in total. The molecule has 41 heavy (non-hydrogen) atoms. The summed E-state index contributed by atoms with van der Waals surface area (Å²) in [5.74, 6) is -0.243. The topological polar surface area (TPSA) is 55.8 Å². The predicted octanol–water partition coefficient (Wildman–Crippen LogP) is 10.4. The lowest BCUT2D eigenvalue weighted by molar-refractivity contribution is -0.162. The number of unbranched alkanes of at least 4 members (excludes halogenated alkanes) is 17. The van der Waals surface area contributed by atoms with Gasteiger partial charge in [-0.3, -0.25) is 9.59 Å². The molecule has 0 amide bonds. The Kier molecular flexibility index (Phi) is 29.5. The second kappa shape index (κ2) is 30.4. The zero-order valence-electron chi connectivity index (χ0n) is 28.3. The molecule has 0 radical (unpaired) electrons. The second-order valence-corrected chi connectivity index (χ2v) is 12.7. The van der Waals surface area contributed by atoms with Gasteiger partial charge in [-0.15, -0.1) is 0 Å². The zero-order valence-corrected chi connectivity index (χ0v) is 28.3. The molecule has 5 heteroatoms. The third-order valence-corrected chi connectivity index (χ3v) is 8.22. The fourth-order valence-electron chi connectivity index (χ4n) is 5.46. The van der Waals surface area contributed by atoms with E-state index in [2.05, 4.69) is 39.8 Å². The van der Waals surface area contributed by atoms with Crippen LogP contribution in [0.4, 0.5) is 0 Å². The standard InChI is InChI=1S/C36H71NO4/c1-6-9-12-15-16-17-18-21-24-29-34(41-35(38)30-25-26-31-37(4)5)32-40-36(39)33(27-22-19-13-10-7-2)28-23-20-14-11-8-3/h33-34H,6-32H2,1-5H3. The van der Waals surface area contributed by atoms with Crippen LogP contribution >= 0.6 is 0 Å². The first-order valence-corrected chi connectivity index (χ1v) is 17.9. The van der Waals surface area contributed by atoms with Crippen LogP contribution in [0.15, 0.2) is 0 Å². The van der Waals surface area contributed by atoms with Gasteiger partial charge in [-0.05, 0) is 59.2 Å². The van der Waals surface area contributed by atoms with Gasteiger partial charge in [0.2, 0.25) is 0 Å². The van der Waals surface area contributed by atoms with Crippen LogP contribution in [-0.4, -0.2) is 50.2 Å². The molecule has 0 aliphatic heterocycles. The van der Waals surface area contributed by atoms with Crippen LogP contribution < -0.4 is 0 Å². The smallest absolute Gasteiger partial charge is 0.309 e. The average Bonchev–Trinajstić information content (AvgIpc) is 2.95. The summed E-state index contributed by atoms with van der Waals surface area (Å²) < 4.78 is 11.8. The first-order valence-electron chi connectivity index (χ1n) is 17.9. The van der Waals surface area contributed by atoms with Crippen molar-refractivity contribution in [2.24, 2.45) is 5.92 Å². The van der Waals surface area contributed by atoms with E-state index in [1.165, 1.54) is 96.3 Å². The van der Waals surface area contributed by atoms with Crippen molar-refractivity contribution in [3.8, 4) is 0 Å². The van der Waals surface area contributed by atoms with E-state index >= 15 is 0 Å². The highest BCUT2D eigenvalue weighted by Gasteiger charge is 2.22. The molecule has 1 unspecified atom stereocenters. The number of carbonyl (C=O) groups excluding carboxylic acids is 2. The van der Waals surface area contributed by atoms with E-state index < -0.39 is 0 Å². The summed E-state index contributed by atoms with van der Waals surface area (Å²) in [6.07, 6.45) is 28.0. The first kappa shape index (κ1) is 39.9. The minimum Gasteiger partial charge on any atom is -0.462 e. The highest BCUT2D eigenvalue weighted by Crippen LogP contribution is 2.21. The quantitative estimate of drug-likeness (QED) is 0.0602. The Morgan fingerprint density at radius 2 is 1.00 bits per heavy atom. The van der Waals surface area contributed by atoms with Crippen molar-refractivity contribution in [3.05, 3.63) is 0 Å². The Morgan fingerprint density at radius 3 is 1.46 bits per heavy atom. The lowest BCUT2D eigenvalue weighted by Gasteiger charge is -2.21. The highest BCUT2D eigenvalue weighted by atomic mass is 16.6. The molecule has 0 saturated carbocycles. The Morgan fingerprint density at radius 1 is 0.561 bits per heavy atom. The summed E-state index contributed by atoms with van der Waals surface area (Å²) in [5.41, 5.74) is 0. The largest absolute Gasteiger partial charge is 0.462 e. The molecule has 0 fully saturated rings. The van der Waals surface area contributed by atoms with Gasteiger partial charge < -0.3 is 14.4 Å². The molecule has 0 aliphatic rings. The molecule has 0 bridgehead atoms. The summed E-state index contributed by atoms with van der Waals surface area (Å²) in [5, 5.41) is 0. The summed E-state index contributed by atoms with van der Waals surface area (Å²) in [6.45, 7) is 7.91. The van der Waals surface area contributed by atoms with Crippen LogP contribution in [0.1, 0.15) is 181 Å². The van der Waals surface area contributed by atoms with Crippen molar-refractivity contribution >= 4 is 11.9 Å². The number of rotatable bonds is 31. The number of hydrogen-bond donors (Lipinski definition) is 0. The van der Waals surface area contributed by atoms with Crippen molar-refractivity contribution in [1.82, 2.24) is 4.90 Å². The lowest BCUT2D eigenvalue weighted by atomic mass is 9.94. The molecular weight excluding hydrogens is 510 g/mol. The van der Waals surface area contributed by atoms with Crippen LogP contribution in [-0.2, 0) is 19.1 Å². The normalized spacial score (nSPS) is 12.3. The van der Waals surface area contributed by atoms with Gasteiger partial charge in [-0.25, -0.2) is 0 Å². The third kappa shape index (κ3) is 27.5. The number of carbonyl (C=O) groups is 2. The van der Waals surface area contributed by atoms with Crippen LogP contribution in [0.25, 0.3) is 0 Å². The maximum Gasteiger partial charge on any atom is 0.309 e. The molecule has 0 N–H and O–H groups in total. The van der Waals surface area contributed by atoms with E-state index in [1.54, 1.807) is 0 Å².